The molecule has 0 amide bonds. The van der Waals surface area contributed by atoms with Crippen molar-refractivity contribution in [2.75, 3.05) is 5.43 Å². The van der Waals surface area contributed by atoms with Crippen LogP contribution in [0.25, 0.3) is 11.0 Å². The summed E-state index contributed by atoms with van der Waals surface area (Å²) in [5, 5.41) is 11.8. The summed E-state index contributed by atoms with van der Waals surface area (Å²) in [5.41, 5.74) is 4.15. The number of hydrogen-bond acceptors (Lipinski definition) is 4. The van der Waals surface area contributed by atoms with Crippen LogP contribution in [0.1, 0.15) is 0 Å². The van der Waals surface area contributed by atoms with E-state index in [9.17, 15) is 4.79 Å². The van der Waals surface area contributed by atoms with Gasteiger partial charge in [-0.25, -0.2) is 15.2 Å². The highest BCUT2D eigenvalue weighted by atomic mass is 16.4. The molecule has 0 fully saturated rings. The zero-order valence-corrected chi connectivity index (χ0v) is 7.64. The van der Waals surface area contributed by atoms with Gasteiger partial charge in [-0.3, -0.25) is 0 Å². The lowest BCUT2D eigenvalue weighted by Gasteiger charge is -1.90. The van der Waals surface area contributed by atoms with E-state index in [4.69, 9.17) is 5.11 Å². The van der Waals surface area contributed by atoms with E-state index < -0.39 is 5.97 Å². The molecule has 0 aliphatic heterocycles. The number of H-pyrrole nitrogens is 1. The third kappa shape index (κ3) is 2.11. The molecule has 0 radical (unpaired) electrons. The number of benzene rings is 1. The highest BCUT2D eigenvalue weighted by molar-refractivity contribution is 6.22. The normalized spacial score (nSPS) is 10.9. The van der Waals surface area contributed by atoms with Gasteiger partial charge in [0.15, 0.2) is 0 Å². The molecule has 2 rings (SSSR count). The maximum absolute atomic E-state index is 10.1. The van der Waals surface area contributed by atoms with Crippen LogP contribution in [0.15, 0.2) is 29.4 Å². The van der Waals surface area contributed by atoms with Crippen LogP contribution in [0.4, 0.5) is 5.95 Å². The number of carboxylic acid groups (broad SMARTS) is 1. The molecule has 6 heteroatoms. The van der Waals surface area contributed by atoms with Gasteiger partial charge >= 0.3 is 5.97 Å². The summed E-state index contributed by atoms with van der Waals surface area (Å²) >= 11 is 0. The predicted octanol–water partition coefficient (Wildman–Crippen LogP) is 1.05. The standard InChI is InChI=1S/C9H8N4O2/c14-8(15)5-10-13-9-11-6-3-1-2-4-7(6)12-9/h1-5H,(H,14,15)(H2,11,12,13)/b10-5-. The van der Waals surface area contributed by atoms with E-state index in [2.05, 4.69) is 20.5 Å². The lowest BCUT2D eigenvalue weighted by Crippen LogP contribution is -1.99. The van der Waals surface area contributed by atoms with Crippen molar-refractivity contribution in [1.29, 1.82) is 0 Å². The summed E-state index contributed by atoms with van der Waals surface area (Å²) in [6.45, 7) is 0. The van der Waals surface area contributed by atoms with Gasteiger partial charge in [-0.2, -0.15) is 5.10 Å². The Morgan fingerprint density at radius 3 is 3.07 bits per heavy atom. The number of nitrogens with zero attached hydrogens (tertiary/aromatic N) is 2. The van der Waals surface area contributed by atoms with Gasteiger partial charge in [0, 0.05) is 0 Å². The van der Waals surface area contributed by atoms with Gasteiger partial charge in [-0.15, -0.1) is 0 Å². The molecule has 6 nitrogen and oxygen atoms in total. The molecule has 15 heavy (non-hydrogen) atoms. The number of hydrogen-bond donors (Lipinski definition) is 3. The molecule has 0 atom stereocenters. The monoisotopic (exact) mass is 204 g/mol. The maximum Gasteiger partial charge on any atom is 0.348 e. The van der Waals surface area contributed by atoms with Gasteiger partial charge in [-0.05, 0) is 12.1 Å². The zero-order chi connectivity index (χ0) is 10.7. The van der Waals surface area contributed by atoms with E-state index in [0.717, 1.165) is 17.2 Å². The first kappa shape index (κ1) is 9.20. The molecule has 0 spiro atoms. The van der Waals surface area contributed by atoms with Crippen molar-refractivity contribution in [2.24, 2.45) is 5.10 Å². The van der Waals surface area contributed by atoms with Crippen LogP contribution in [-0.4, -0.2) is 27.3 Å². The molecule has 1 heterocycles. The summed E-state index contributed by atoms with van der Waals surface area (Å²) in [4.78, 5) is 17.2. The Bertz CT molecular complexity index is 485. The average molecular weight is 204 g/mol. The fraction of sp³-hybridized carbons (Fsp3) is 0. The first-order chi connectivity index (χ1) is 7.25. The van der Waals surface area contributed by atoms with E-state index in [1.165, 1.54) is 0 Å². The fourth-order valence-corrected chi connectivity index (χ4v) is 1.15. The second kappa shape index (κ2) is 3.79. The largest absolute Gasteiger partial charge is 0.477 e. The summed E-state index contributed by atoms with van der Waals surface area (Å²) in [6, 6.07) is 7.46. The summed E-state index contributed by atoms with van der Waals surface area (Å²) in [7, 11) is 0. The smallest absolute Gasteiger partial charge is 0.348 e. The van der Waals surface area contributed by atoms with Crippen molar-refractivity contribution < 1.29 is 9.90 Å². The molecular formula is C9H8N4O2. The van der Waals surface area contributed by atoms with Crippen LogP contribution in [0, 0.1) is 0 Å². The van der Waals surface area contributed by atoms with E-state index in [-0.39, 0.29) is 0 Å². The summed E-state index contributed by atoms with van der Waals surface area (Å²) in [5.74, 6) is -0.702. The molecule has 0 aliphatic carbocycles. The lowest BCUT2D eigenvalue weighted by molar-refractivity contribution is -0.128. The summed E-state index contributed by atoms with van der Waals surface area (Å²) < 4.78 is 0. The topological polar surface area (TPSA) is 90.4 Å². The SMILES string of the molecule is O=C(O)/C=N\Nc1nc2ccccc2[nH]1. The minimum atomic E-state index is -1.11. The molecule has 0 aliphatic rings. The maximum atomic E-state index is 10.1. The Morgan fingerprint density at radius 2 is 2.33 bits per heavy atom. The molecule has 0 saturated carbocycles. The average Bonchev–Trinajstić information content (AvgIpc) is 2.59. The number of rotatable bonds is 3. The fourth-order valence-electron chi connectivity index (χ4n) is 1.15. The first-order valence-electron chi connectivity index (χ1n) is 4.22. The number of anilines is 1. The van der Waals surface area contributed by atoms with Crippen molar-refractivity contribution in [1.82, 2.24) is 9.97 Å². The number of aromatic amines is 1. The number of carboxylic acids is 1. The van der Waals surface area contributed by atoms with Crippen molar-refractivity contribution in [3.8, 4) is 0 Å². The van der Waals surface area contributed by atoms with Crippen LogP contribution >= 0.6 is 0 Å². The van der Waals surface area contributed by atoms with E-state index in [1.54, 1.807) is 0 Å². The number of carbonyl (C=O) groups is 1. The Morgan fingerprint density at radius 1 is 1.53 bits per heavy atom. The van der Waals surface area contributed by atoms with Gasteiger partial charge in [-0.1, -0.05) is 12.1 Å². The number of imidazole rings is 1. The number of fused-ring (bicyclic) bond motifs is 1. The number of para-hydroxylation sites is 2. The molecule has 3 N–H and O–H groups in total. The Labute approximate surface area is 84.6 Å². The minimum Gasteiger partial charge on any atom is -0.477 e. The number of hydrazone groups is 1. The Kier molecular flexibility index (Phi) is 2.32. The number of aliphatic carboxylic acids is 1. The highest BCUT2D eigenvalue weighted by Gasteiger charge is 1.99. The molecule has 2 aromatic rings. The van der Waals surface area contributed by atoms with Crippen LogP contribution in [-0.2, 0) is 4.79 Å². The molecule has 0 saturated heterocycles. The van der Waals surface area contributed by atoms with Crippen LogP contribution < -0.4 is 5.43 Å². The molecule has 76 valence electrons. The zero-order valence-electron chi connectivity index (χ0n) is 7.64. The summed E-state index contributed by atoms with van der Waals surface area (Å²) in [6.07, 6.45) is 0.757. The van der Waals surface area contributed by atoms with Crippen molar-refractivity contribution in [3.05, 3.63) is 24.3 Å². The van der Waals surface area contributed by atoms with Gasteiger partial charge in [0.1, 0.15) is 6.21 Å². The van der Waals surface area contributed by atoms with Gasteiger partial charge in [0.05, 0.1) is 11.0 Å². The molecule has 1 aromatic carbocycles. The van der Waals surface area contributed by atoms with Gasteiger partial charge < -0.3 is 10.1 Å². The van der Waals surface area contributed by atoms with Crippen molar-refractivity contribution in [2.45, 2.75) is 0 Å². The molecule has 0 unspecified atom stereocenters. The lowest BCUT2D eigenvalue weighted by atomic mass is 10.3. The third-order valence-electron chi connectivity index (χ3n) is 1.73. The van der Waals surface area contributed by atoms with Crippen molar-refractivity contribution in [3.63, 3.8) is 0 Å². The molecular weight excluding hydrogens is 196 g/mol. The van der Waals surface area contributed by atoms with Crippen LogP contribution in [0.5, 0.6) is 0 Å². The van der Waals surface area contributed by atoms with E-state index >= 15 is 0 Å². The van der Waals surface area contributed by atoms with E-state index in [0.29, 0.717) is 5.95 Å². The quantitative estimate of drug-likeness (QED) is 0.514. The second-order valence-electron chi connectivity index (χ2n) is 2.81. The molecule has 1 aromatic heterocycles. The van der Waals surface area contributed by atoms with Crippen molar-refractivity contribution >= 4 is 29.2 Å². The highest BCUT2D eigenvalue weighted by Crippen LogP contribution is 2.12. The Hall–Kier alpha value is -2.37. The third-order valence-corrected chi connectivity index (χ3v) is 1.73. The number of aromatic nitrogens is 2. The number of nitrogens with one attached hydrogen (secondary N) is 2. The van der Waals surface area contributed by atoms with Gasteiger partial charge in [0.2, 0.25) is 5.95 Å². The predicted molar refractivity (Wildman–Crippen MR) is 55.8 cm³/mol. The van der Waals surface area contributed by atoms with E-state index in [1.807, 2.05) is 24.3 Å². The van der Waals surface area contributed by atoms with Gasteiger partial charge in [0.25, 0.3) is 0 Å². The first-order valence-corrected chi connectivity index (χ1v) is 4.22. The van der Waals surface area contributed by atoms with Crippen LogP contribution in [0.2, 0.25) is 0 Å². The minimum absolute atomic E-state index is 0.411. The van der Waals surface area contributed by atoms with Crippen LogP contribution in [0.3, 0.4) is 0 Å². The Balaban J connectivity index is 2.19. The molecule has 0 bridgehead atoms. The second-order valence-corrected chi connectivity index (χ2v) is 2.81.